The van der Waals surface area contributed by atoms with Crippen LogP contribution in [0.4, 0.5) is 0 Å². The summed E-state index contributed by atoms with van der Waals surface area (Å²) in [6.45, 7) is -0.211. The Morgan fingerprint density at radius 2 is 1.77 bits per heavy atom. The van der Waals surface area contributed by atoms with E-state index < -0.39 is 11.8 Å². The topological polar surface area (TPSA) is 88.7 Å². The van der Waals surface area contributed by atoms with Gasteiger partial charge in [0.1, 0.15) is 11.5 Å². The van der Waals surface area contributed by atoms with Crippen LogP contribution in [0.15, 0.2) is 53.0 Å². The number of nitrogens with one attached hydrogen (secondary N) is 3. The fourth-order valence-corrected chi connectivity index (χ4v) is 2.28. The van der Waals surface area contributed by atoms with E-state index in [9.17, 15) is 9.59 Å². The Morgan fingerprint density at radius 3 is 2.46 bits per heavy atom. The van der Waals surface area contributed by atoms with Gasteiger partial charge in [0.25, 0.3) is 11.8 Å². The molecule has 0 radical (unpaired) electrons. The van der Waals surface area contributed by atoms with Crippen molar-refractivity contribution in [2.75, 3.05) is 13.7 Å². The third-order valence-corrected chi connectivity index (χ3v) is 3.81. The molecule has 0 aromatic heterocycles. The Hall–Kier alpha value is -2.65. The molecule has 2 rings (SSSR count). The maximum atomic E-state index is 12.2. The van der Waals surface area contributed by atoms with Gasteiger partial charge in [0.2, 0.25) is 0 Å². The molecule has 0 atom stereocenters. The quantitative estimate of drug-likeness (QED) is 0.490. The number of thiocarbonyl (C=S) groups is 1. The van der Waals surface area contributed by atoms with Crippen molar-refractivity contribution < 1.29 is 19.1 Å². The summed E-state index contributed by atoms with van der Waals surface area (Å²) in [6, 6.07) is 13.8. The molecule has 0 fully saturated rings. The number of halogens is 1. The fraction of sp³-hybridized carbons (Fsp3) is 0.118. The molecule has 0 saturated heterocycles. The van der Waals surface area contributed by atoms with Crippen molar-refractivity contribution >= 4 is 45.1 Å². The first kappa shape index (κ1) is 19.7. The molecule has 2 amide bonds. The van der Waals surface area contributed by atoms with Gasteiger partial charge in [-0.3, -0.25) is 25.8 Å². The summed E-state index contributed by atoms with van der Waals surface area (Å²) in [5.41, 5.74) is 5.10. The van der Waals surface area contributed by atoms with Gasteiger partial charge in [-0.2, -0.15) is 0 Å². The van der Waals surface area contributed by atoms with Crippen molar-refractivity contribution in [1.29, 1.82) is 0 Å². The van der Waals surface area contributed by atoms with Crippen molar-refractivity contribution in [3.8, 4) is 11.5 Å². The van der Waals surface area contributed by atoms with Crippen LogP contribution in [0.2, 0.25) is 0 Å². The third-order valence-electron chi connectivity index (χ3n) is 3.08. The number of carbonyl (C=O) groups excluding carboxylic acids is 2. The zero-order valence-electron chi connectivity index (χ0n) is 13.7. The van der Waals surface area contributed by atoms with Crippen LogP contribution in [0.1, 0.15) is 10.4 Å². The second-order valence-corrected chi connectivity index (χ2v) is 6.22. The van der Waals surface area contributed by atoms with Gasteiger partial charge in [-0.25, -0.2) is 0 Å². The number of para-hydroxylation sites is 1. The minimum atomic E-state index is -0.458. The monoisotopic (exact) mass is 437 g/mol. The predicted molar refractivity (Wildman–Crippen MR) is 104 cm³/mol. The molecule has 0 saturated carbocycles. The first-order valence-electron chi connectivity index (χ1n) is 7.41. The molecule has 7 nitrogen and oxygen atoms in total. The average molecular weight is 438 g/mol. The van der Waals surface area contributed by atoms with Crippen LogP contribution in [0.5, 0.6) is 11.5 Å². The van der Waals surface area contributed by atoms with Gasteiger partial charge in [0, 0.05) is 4.47 Å². The molecule has 0 unspecified atom stereocenters. The van der Waals surface area contributed by atoms with Crippen LogP contribution in [-0.2, 0) is 4.79 Å². The van der Waals surface area contributed by atoms with E-state index in [1.807, 2.05) is 0 Å². The highest BCUT2D eigenvalue weighted by molar-refractivity contribution is 9.10. The third kappa shape index (κ3) is 6.01. The molecule has 2 aromatic rings. The SMILES string of the molecule is COc1ccccc1C(=O)NC(=S)NNC(=O)COc1ccc(Br)cc1. The molecular weight excluding hydrogens is 422 g/mol. The number of hydrogen-bond acceptors (Lipinski definition) is 5. The summed E-state index contributed by atoms with van der Waals surface area (Å²) in [6.07, 6.45) is 0. The number of benzene rings is 2. The predicted octanol–water partition coefficient (Wildman–Crippen LogP) is 2.17. The summed E-state index contributed by atoms with van der Waals surface area (Å²) < 4.78 is 11.3. The zero-order valence-corrected chi connectivity index (χ0v) is 16.1. The van der Waals surface area contributed by atoms with E-state index in [2.05, 4.69) is 32.1 Å². The maximum Gasteiger partial charge on any atom is 0.276 e. The van der Waals surface area contributed by atoms with Gasteiger partial charge in [0.05, 0.1) is 12.7 Å². The highest BCUT2D eigenvalue weighted by atomic mass is 79.9. The van der Waals surface area contributed by atoms with Gasteiger partial charge in [-0.1, -0.05) is 28.1 Å². The van der Waals surface area contributed by atoms with Gasteiger partial charge < -0.3 is 9.47 Å². The lowest BCUT2D eigenvalue weighted by Crippen LogP contribution is -2.49. The lowest BCUT2D eigenvalue weighted by atomic mass is 10.2. The Labute approximate surface area is 164 Å². The Bertz CT molecular complexity index is 799. The molecule has 2 aromatic carbocycles. The van der Waals surface area contributed by atoms with Crippen LogP contribution >= 0.6 is 28.1 Å². The van der Waals surface area contributed by atoms with Gasteiger partial charge in [0.15, 0.2) is 11.7 Å². The second-order valence-electron chi connectivity index (χ2n) is 4.90. The van der Waals surface area contributed by atoms with Crippen molar-refractivity contribution in [2.24, 2.45) is 0 Å². The van der Waals surface area contributed by atoms with E-state index in [0.717, 1.165) is 4.47 Å². The smallest absolute Gasteiger partial charge is 0.276 e. The fourth-order valence-electron chi connectivity index (χ4n) is 1.88. The minimum Gasteiger partial charge on any atom is -0.496 e. The van der Waals surface area contributed by atoms with Crippen molar-refractivity contribution in [3.05, 3.63) is 58.6 Å². The van der Waals surface area contributed by atoms with Crippen LogP contribution in [0, 0.1) is 0 Å². The number of rotatable bonds is 5. The summed E-state index contributed by atoms with van der Waals surface area (Å²) in [5, 5.41) is 2.39. The van der Waals surface area contributed by atoms with E-state index in [0.29, 0.717) is 17.1 Å². The standard InChI is InChI=1S/C17H16BrN3O4S/c1-24-14-5-3-2-4-13(14)16(23)19-17(26)21-20-15(22)10-25-12-8-6-11(18)7-9-12/h2-9H,10H2,1H3,(H,20,22)(H2,19,21,23,26). The van der Waals surface area contributed by atoms with Crippen LogP contribution in [-0.4, -0.2) is 30.6 Å². The van der Waals surface area contributed by atoms with Gasteiger partial charge in [-0.05, 0) is 48.6 Å². The number of carbonyl (C=O) groups is 2. The minimum absolute atomic E-state index is 0.0575. The molecule has 26 heavy (non-hydrogen) atoms. The number of hydrogen-bond donors (Lipinski definition) is 3. The molecule has 136 valence electrons. The average Bonchev–Trinajstić information content (AvgIpc) is 2.65. The summed E-state index contributed by atoms with van der Waals surface area (Å²) in [5.74, 6) is 0.0530. The molecule has 0 heterocycles. The molecular formula is C17H16BrN3O4S. The summed E-state index contributed by atoms with van der Waals surface area (Å²) in [7, 11) is 1.47. The number of hydrazine groups is 1. The molecule has 9 heteroatoms. The lowest BCUT2D eigenvalue weighted by Gasteiger charge is -2.12. The van der Waals surface area contributed by atoms with Gasteiger partial charge >= 0.3 is 0 Å². The van der Waals surface area contributed by atoms with Gasteiger partial charge in [-0.15, -0.1) is 0 Å². The highest BCUT2D eigenvalue weighted by Gasteiger charge is 2.13. The Morgan fingerprint density at radius 1 is 1.08 bits per heavy atom. The number of ether oxygens (including phenoxy) is 2. The van der Waals surface area contributed by atoms with E-state index in [1.54, 1.807) is 48.5 Å². The highest BCUT2D eigenvalue weighted by Crippen LogP contribution is 2.17. The van der Waals surface area contributed by atoms with Crippen LogP contribution < -0.4 is 25.6 Å². The summed E-state index contributed by atoms with van der Waals surface area (Å²) in [4.78, 5) is 23.9. The normalized spacial score (nSPS) is 9.77. The van der Waals surface area contributed by atoms with E-state index in [-0.39, 0.29) is 11.7 Å². The first-order valence-corrected chi connectivity index (χ1v) is 8.61. The van der Waals surface area contributed by atoms with Crippen molar-refractivity contribution in [2.45, 2.75) is 0 Å². The first-order chi connectivity index (χ1) is 12.5. The van der Waals surface area contributed by atoms with Crippen molar-refractivity contribution in [3.63, 3.8) is 0 Å². The summed E-state index contributed by atoms with van der Waals surface area (Å²) >= 11 is 8.29. The molecule has 0 aliphatic rings. The Kier molecular flexibility index (Phi) is 7.37. The van der Waals surface area contributed by atoms with E-state index in [4.69, 9.17) is 21.7 Å². The van der Waals surface area contributed by atoms with Crippen LogP contribution in [0.3, 0.4) is 0 Å². The molecule has 0 aliphatic carbocycles. The molecule has 0 aliphatic heterocycles. The maximum absolute atomic E-state index is 12.2. The number of methoxy groups -OCH3 is 1. The Balaban J connectivity index is 1.76. The molecule has 0 bridgehead atoms. The van der Waals surface area contributed by atoms with E-state index >= 15 is 0 Å². The second kappa shape index (κ2) is 9.73. The largest absolute Gasteiger partial charge is 0.496 e. The molecule has 0 spiro atoms. The lowest BCUT2D eigenvalue weighted by molar-refractivity contribution is -0.123. The zero-order chi connectivity index (χ0) is 18.9. The van der Waals surface area contributed by atoms with Crippen molar-refractivity contribution in [1.82, 2.24) is 16.2 Å². The number of amides is 2. The van der Waals surface area contributed by atoms with E-state index in [1.165, 1.54) is 7.11 Å². The van der Waals surface area contributed by atoms with Crippen LogP contribution in [0.25, 0.3) is 0 Å². The molecule has 3 N–H and O–H groups in total.